The molecule has 3 aromatic rings. The van der Waals surface area contributed by atoms with Crippen molar-refractivity contribution in [2.75, 3.05) is 11.1 Å². The highest BCUT2D eigenvalue weighted by Crippen LogP contribution is 2.32. The van der Waals surface area contributed by atoms with Crippen molar-refractivity contribution in [2.45, 2.75) is 0 Å². The number of benzene rings is 3. The summed E-state index contributed by atoms with van der Waals surface area (Å²) in [7, 11) is 0. The first-order chi connectivity index (χ1) is 12.4. The molecular weight excluding hydrogens is 378 g/mol. The summed E-state index contributed by atoms with van der Waals surface area (Å²) < 4.78 is 19.0. The number of anilines is 2. The molecule has 0 aliphatic carbocycles. The van der Waals surface area contributed by atoms with E-state index >= 15 is 0 Å². The summed E-state index contributed by atoms with van der Waals surface area (Å²) in [6.45, 7) is 0. The van der Waals surface area contributed by atoms with Crippen LogP contribution in [0.15, 0.2) is 60.7 Å². The van der Waals surface area contributed by atoms with Crippen LogP contribution in [0.1, 0.15) is 10.4 Å². The number of nitrogens with one attached hydrogen (secondary N) is 1. The summed E-state index contributed by atoms with van der Waals surface area (Å²) in [5.74, 6) is -0.101. The van der Waals surface area contributed by atoms with E-state index in [9.17, 15) is 9.18 Å². The molecule has 0 unspecified atom stereocenters. The molecule has 0 spiro atoms. The van der Waals surface area contributed by atoms with Crippen LogP contribution in [0.2, 0.25) is 10.0 Å². The Kier molecular flexibility index (Phi) is 5.30. The van der Waals surface area contributed by atoms with Crippen LogP contribution in [-0.2, 0) is 0 Å². The van der Waals surface area contributed by atoms with Crippen molar-refractivity contribution in [2.24, 2.45) is 0 Å². The minimum atomic E-state index is -0.547. The first-order valence-electron chi connectivity index (χ1n) is 7.52. The van der Waals surface area contributed by atoms with Gasteiger partial charge in [0.25, 0.3) is 5.91 Å². The SMILES string of the molecule is Nc1ccc(F)cc1C(=O)Nc1ccc(Oc2ccc(Cl)cc2)c(Cl)c1. The first kappa shape index (κ1) is 18.0. The molecule has 0 bridgehead atoms. The zero-order valence-corrected chi connectivity index (χ0v) is 14.8. The molecule has 0 heterocycles. The normalized spacial score (nSPS) is 10.4. The van der Waals surface area contributed by atoms with Gasteiger partial charge in [-0.05, 0) is 60.7 Å². The van der Waals surface area contributed by atoms with Gasteiger partial charge in [0, 0.05) is 16.4 Å². The molecule has 4 nitrogen and oxygen atoms in total. The number of rotatable bonds is 4. The van der Waals surface area contributed by atoms with E-state index in [2.05, 4.69) is 5.32 Å². The van der Waals surface area contributed by atoms with E-state index in [1.165, 1.54) is 18.2 Å². The Balaban J connectivity index is 1.75. The van der Waals surface area contributed by atoms with Crippen molar-refractivity contribution in [3.8, 4) is 11.5 Å². The second-order valence-electron chi connectivity index (χ2n) is 5.39. The van der Waals surface area contributed by atoms with E-state index in [0.29, 0.717) is 27.2 Å². The standard InChI is InChI=1S/C19H13Cl2FN2O2/c20-11-1-5-14(6-2-11)26-18-8-4-13(10-16(18)21)24-19(25)15-9-12(22)3-7-17(15)23/h1-10H,23H2,(H,24,25). The predicted octanol–water partition coefficient (Wildman–Crippen LogP) is 5.76. The number of carbonyl (C=O) groups is 1. The summed E-state index contributed by atoms with van der Waals surface area (Å²) in [6.07, 6.45) is 0. The van der Waals surface area contributed by atoms with Gasteiger partial charge in [0.2, 0.25) is 0 Å². The topological polar surface area (TPSA) is 64.4 Å². The van der Waals surface area contributed by atoms with Gasteiger partial charge in [-0.2, -0.15) is 0 Å². The molecule has 3 rings (SSSR count). The fraction of sp³-hybridized carbons (Fsp3) is 0. The van der Waals surface area contributed by atoms with Gasteiger partial charge in [0.05, 0.1) is 10.6 Å². The van der Waals surface area contributed by atoms with Crippen LogP contribution in [0.4, 0.5) is 15.8 Å². The maximum Gasteiger partial charge on any atom is 0.257 e. The number of ether oxygens (including phenoxy) is 1. The summed E-state index contributed by atoms with van der Waals surface area (Å²) in [6, 6.07) is 15.2. The number of hydrogen-bond acceptors (Lipinski definition) is 3. The maximum absolute atomic E-state index is 13.3. The Bertz CT molecular complexity index is 962. The summed E-state index contributed by atoms with van der Waals surface area (Å²) in [4.78, 5) is 12.3. The fourth-order valence-electron chi connectivity index (χ4n) is 2.21. The van der Waals surface area contributed by atoms with Gasteiger partial charge in [-0.15, -0.1) is 0 Å². The molecular formula is C19H13Cl2FN2O2. The zero-order chi connectivity index (χ0) is 18.7. The highest BCUT2D eigenvalue weighted by atomic mass is 35.5. The number of carbonyl (C=O) groups excluding carboxylic acids is 1. The Labute approximate surface area is 159 Å². The van der Waals surface area contributed by atoms with Gasteiger partial charge < -0.3 is 15.8 Å². The highest BCUT2D eigenvalue weighted by molar-refractivity contribution is 6.32. The molecule has 3 aromatic carbocycles. The molecule has 0 radical (unpaired) electrons. The third-order valence-electron chi connectivity index (χ3n) is 3.49. The molecule has 3 N–H and O–H groups in total. The van der Waals surface area contributed by atoms with Crippen LogP contribution in [0.5, 0.6) is 11.5 Å². The minimum absolute atomic E-state index is 0.0441. The molecule has 0 fully saturated rings. The number of nitrogens with two attached hydrogens (primary N) is 1. The number of nitrogen functional groups attached to an aromatic ring is 1. The molecule has 132 valence electrons. The molecule has 1 amide bonds. The van der Waals surface area contributed by atoms with Crippen LogP contribution < -0.4 is 15.8 Å². The Hall–Kier alpha value is -2.76. The van der Waals surface area contributed by atoms with Crippen LogP contribution in [0, 0.1) is 5.82 Å². The van der Waals surface area contributed by atoms with E-state index in [1.807, 2.05) is 0 Å². The average molecular weight is 391 g/mol. The van der Waals surface area contributed by atoms with E-state index in [1.54, 1.807) is 36.4 Å². The summed E-state index contributed by atoms with van der Waals surface area (Å²) >= 11 is 12.0. The van der Waals surface area contributed by atoms with Gasteiger partial charge in [-0.1, -0.05) is 23.2 Å². The monoisotopic (exact) mass is 390 g/mol. The van der Waals surface area contributed by atoms with Gasteiger partial charge >= 0.3 is 0 Å². The summed E-state index contributed by atoms with van der Waals surface area (Å²) in [5.41, 5.74) is 6.36. The van der Waals surface area contributed by atoms with Crippen LogP contribution in [0.3, 0.4) is 0 Å². The smallest absolute Gasteiger partial charge is 0.257 e. The molecule has 26 heavy (non-hydrogen) atoms. The van der Waals surface area contributed by atoms with Crippen molar-refractivity contribution < 1.29 is 13.9 Å². The van der Waals surface area contributed by atoms with Gasteiger partial charge in [0.1, 0.15) is 17.3 Å². The molecule has 0 aliphatic rings. The molecule has 0 saturated carbocycles. The van der Waals surface area contributed by atoms with Crippen LogP contribution >= 0.6 is 23.2 Å². The van der Waals surface area contributed by atoms with Crippen molar-refractivity contribution >= 4 is 40.5 Å². The molecule has 0 aromatic heterocycles. The Morgan fingerprint density at radius 3 is 2.42 bits per heavy atom. The van der Waals surface area contributed by atoms with Gasteiger partial charge in [0.15, 0.2) is 0 Å². The van der Waals surface area contributed by atoms with Crippen LogP contribution in [0.25, 0.3) is 0 Å². The first-order valence-corrected chi connectivity index (χ1v) is 8.27. The lowest BCUT2D eigenvalue weighted by atomic mass is 10.1. The third-order valence-corrected chi connectivity index (χ3v) is 4.04. The van der Waals surface area contributed by atoms with Crippen LogP contribution in [-0.4, -0.2) is 5.91 Å². The van der Waals surface area contributed by atoms with E-state index in [-0.39, 0.29) is 11.3 Å². The fourth-order valence-corrected chi connectivity index (χ4v) is 2.56. The third kappa shape index (κ3) is 4.25. The lowest BCUT2D eigenvalue weighted by Crippen LogP contribution is -2.14. The lowest BCUT2D eigenvalue weighted by molar-refractivity contribution is 0.102. The Morgan fingerprint density at radius 2 is 1.73 bits per heavy atom. The van der Waals surface area contributed by atoms with Crippen molar-refractivity contribution in [3.63, 3.8) is 0 Å². The van der Waals surface area contributed by atoms with Gasteiger partial charge in [-0.25, -0.2) is 4.39 Å². The zero-order valence-electron chi connectivity index (χ0n) is 13.3. The largest absolute Gasteiger partial charge is 0.456 e. The van der Waals surface area contributed by atoms with E-state index in [4.69, 9.17) is 33.7 Å². The van der Waals surface area contributed by atoms with Gasteiger partial charge in [-0.3, -0.25) is 4.79 Å². The molecule has 7 heteroatoms. The van der Waals surface area contributed by atoms with E-state index in [0.717, 1.165) is 6.07 Å². The predicted molar refractivity (Wildman–Crippen MR) is 102 cm³/mol. The molecule has 0 saturated heterocycles. The molecule has 0 aliphatic heterocycles. The molecule has 0 atom stereocenters. The highest BCUT2D eigenvalue weighted by Gasteiger charge is 2.12. The quantitative estimate of drug-likeness (QED) is 0.556. The maximum atomic E-state index is 13.3. The summed E-state index contributed by atoms with van der Waals surface area (Å²) in [5, 5.41) is 3.51. The Morgan fingerprint density at radius 1 is 1.00 bits per heavy atom. The second kappa shape index (κ2) is 7.64. The minimum Gasteiger partial charge on any atom is -0.456 e. The van der Waals surface area contributed by atoms with Crippen molar-refractivity contribution in [1.29, 1.82) is 0 Å². The van der Waals surface area contributed by atoms with Crippen molar-refractivity contribution in [1.82, 2.24) is 0 Å². The number of halogens is 3. The lowest BCUT2D eigenvalue weighted by Gasteiger charge is -2.11. The average Bonchev–Trinajstić information content (AvgIpc) is 2.61. The van der Waals surface area contributed by atoms with Crippen molar-refractivity contribution in [3.05, 3.63) is 82.1 Å². The van der Waals surface area contributed by atoms with E-state index < -0.39 is 11.7 Å². The number of hydrogen-bond donors (Lipinski definition) is 2. The second-order valence-corrected chi connectivity index (χ2v) is 6.23. The number of amides is 1.